The minimum atomic E-state index is -0.945. The summed E-state index contributed by atoms with van der Waals surface area (Å²) in [5.74, 6) is 0. The predicted octanol–water partition coefficient (Wildman–Crippen LogP) is 2.09. The van der Waals surface area contributed by atoms with Crippen molar-refractivity contribution in [3.05, 3.63) is 52.1 Å². The molecule has 6 nitrogen and oxygen atoms in total. The van der Waals surface area contributed by atoms with Gasteiger partial charge in [0.15, 0.2) is 0 Å². The Hall–Kier alpha value is -2.37. The summed E-state index contributed by atoms with van der Waals surface area (Å²) in [6, 6.07) is 7.65. The lowest BCUT2D eigenvalue weighted by Crippen LogP contribution is -2.44. The van der Waals surface area contributed by atoms with Crippen LogP contribution >= 0.6 is 0 Å². The van der Waals surface area contributed by atoms with Crippen LogP contribution < -0.4 is 5.32 Å². The standard InChI is InChI=1S/C13H16N2O4/c1-10(15(17)18)12(14-13(16)19-2)9-8-11-6-4-3-5-7-11/h3-10,12H,1-2H3,(H,14,16)/b9-8+. The summed E-state index contributed by atoms with van der Waals surface area (Å²) in [5.41, 5.74) is 0.898. The number of nitrogens with one attached hydrogen (secondary N) is 1. The summed E-state index contributed by atoms with van der Waals surface area (Å²) >= 11 is 0. The van der Waals surface area contributed by atoms with Crippen molar-refractivity contribution in [1.82, 2.24) is 5.32 Å². The largest absolute Gasteiger partial charge is 0.453 e. The average molecular weight is 264 g/mol. The quantitative estimate of drug-likeness (QED) is 0.652. The molecule has 0 heterocycles. The Morgan fingerprint density at radius 1 is 1.42 bits per heavy atom. The molecule has 1 amide bonds. The molecule has 0 aliphatic rings. The van der Waals surface area contributed by atoms with Gasteiger partial charge in [-0.25, -0.2) is 4.79 Å². The first-order valence-electron chi connectivity index (χ1n) is 5.76. The Bertz CT molecular complexity index is 459. The van der Waals surface area contributed by atoms with Crippen LogP contribution in [0.15, 0.2) is 36.4 Å². The third-order valence-electron chi connectivity index (χ3n) is 2.62. The van der Waals surface area contributed by atoms with Crippen molar-refractivity contribution in [1.29, 1.82) is 0 Å². The van der Waals surface area contributed by atoms with E-state index in [1.165, 1.54) is 14.0 Å². The van der Waals surface area contributed by atoms with Crippen LogP contribution in [0.2, 0.25) is 0 Å². The lowest BCUT2D eigenvalue weighted by Gasteiger charge is -2.15. The highest BCUT2D eigenvalue weighted by atomic mass is 16.6. The number of ether oxygens (including phenoxy) is 1. The van der Waals surface area contributed by atoms with Crippen molar-refractivity contribution in [2.24, 2.45) is 0 Å². The summed E-state index contributed by atoms with van der Waals surface area (Å²) in [6.45, 7) is 1.43. The van der Waals surface area contributed by atoms with Gasteiger partial charge in [-0.15, -0.1) is 0 Å². The zero-order valence-corrected chi connectivity index (χ0v) is 10.8. The van der Waals surface area contributed by atoms with E-state index in [-0.39, 0.29) is 0 Å². The first-order valence-corrected chi connectivity index (χ1v) is 5.76. The molecule has 0 aliphatic carbocycles. The van der Waals surface area contributed by atoms with Crippen LogP contribution in [-0.2, 0) is 4.74 Å². The zero-order valence-electron chi connectivity index (χ0n) is 10.8. The van der Waals surface area contributed by atoms with Crippen LogP contribution in [0.5, 0.6) is 0 Å². The summed E-state index contributed by atoms with van der Waals surface area (Å²) < 4.78 is 4.46. The van der Waals surface area contributed by atoms with Gasteiger partial charge in [-0.1, -0.05) is 42.5 Å². The Morgan fingerprint density at radius 2 is 2.05 bits per heavy atom. The Labute approximate surface area is 111 Å². The van der Waals surface area contributed by atoms with E-state index in [1.54, 1.807) is 12.2 Å². The van der Waals surface area contributed by atoms with E-state index in [0.717, 1.165) is 5.56 Å². The fourth-order valence-electron chi connectivity index (χ4n) is 1.43. The molecule has 0 aromatic heterocycles. The van der Waals surface area contributed by atoms with Crippen molar-refractivity contribution in [3.8, 4) is 0 Å². The van der Waals surface area contributed by atoms with Gasteiger partial charge < -0.3 is 10.1 Å². The first kappa shape index (κ1) is 14.7. The molecule has 0 saturated heterocycles. The van der Waals surface area contributed by atoms with E-state index in [1.807, 2.05) is 30.3 Å². The second-order valence-corrected chi connectivity index (χ2v) is 3.96. The molecule has 1 aromatic rings. The molecule has 6 heteroatoms. The van der Waals surface area contributed by atoms with E-state index in [2.05, 4.69) is 10.1 Å². The molecular formula is C13H16N2O4. The van der Waals surface area contributed by atoms with E-state index >= 15 is 0 Å². The van der Waals surface area contributed by atoms with Gasteiger partial charge in [-0.2, -0.15) is 0 Å². The maximum absolute atomic E-state index is 11.2. The number of carbonyl (C=O) groups excluding carboxylic acids is 1. The second kappa shape index (κ2) is 7.15. The normalized spacial score (nSPS) is 13.8. The van der Waals surface area contributed by atoms with Crippen molar-refractivity contribution in [2.45, 2.75) is 19.0 Å². The lowest BCUT2D eigenvalue weighted by molar-refractivity contribution is -0.520. The molecule has 0 radical (unpaired) electrons. The number of benzene rings is 1. The summed E-state index contributed by atoms with van der Waals surface area (Å²) in [7, 11) is 1.21. The Morgan fingerprint density at radius 3 is 2.58 bits per heavy atom. The SMILES string of the molecule is COC(=O)NC(/C=C/c1ccccc1)C(C)[N+](=O)[O-]. The van der Waals surface area contributed by atoms with Gasteiger partial charge in [0, 0.05) is 11.8 Å². The summed E-state index contributed by atoms with van der Waals surface area (Å²) in [5, 5.41) is 13.2. The molecule has 0 bridgehead atoms. The number of nitrogens with zero attached hydrogens (tertiary/aromatic N) is 1. The number of alkyl carbamates (subject to hydrolysis) is 1. The maximum atomic E-state index is 11.2. The Balaban J connectivity index is 2.82. The van der Waals surface area contributed by atoms with Crippen LogP contribution in [0.1, 0.15) is 12.5 Å². The van der Waals surface area contributed by atoms with Crippen LogP contribution in [0.25, 0.3) is 6.08 Å². The van der Waals surface area contributed by atoms with Gasteiger partial charge in [-0.05, 0) is 5.56 Å². The molecule has 2 atom stereocenters. The molecule has 1 aromatic carbocycles. The molecule has 1 N–H and O–H groups in total. The maximum Gasteiger partial charge on any atom is 0.407 e. The number of methoxy groups -OCH3 is 1. The number of hydrogen-bond donors (Lipinski definition) is 1. The zero-order chi connectivity index (χ0) is 14.3. The fourth-order valence-corrected chi connectivity index (χ4v) is 1.43. The smallest absolute Gasteiger partial charge is 0.407 e. The fraction of sp³-hybridized carbons (Fsp3) is 0.308. The number of rotatable bonds is 5. The first-order chi connectivity index (χ1) is 9.04. The number of hydrogen-bond acceptors (Lipinski definition) is 4. The molecule has 102 valence electrons. The van der Waals surface area contributed by atoms with Gasteiger partial charge in [0.1, 0.15) is 6.04 Å². The van der Waals surface area contributed by atoms with Crippen molar-refractivity contribution < 1.29 is 14.5 Å². The molecule has 0 spiro atoms. The van der Waals surface area contributed by atoms with Gasteiger partial charge in [0.05, 0.1) is 7.11 Å². The average Bonchev–Trinajstić information content (AvgIpc) is 2.43. The highest BCUT2D eigenvalue weighted by Crippen LogP contribution is 2.06. The highest BCUT2D eigenvalue weighted by molar-refractivity contribution is 5.68. The van der Waals surface area contributed by atoms with Crippen LogP contribution in [0.3, 0.4) is 0 Å². The molecule has 1 rings (SSSR count). The molecule has 19 heavy (non-hydrogen) atoms. The van der Waals surface area contributed by atoms with E-state index < -0.39 is 23.1 Å². The minimum absolute atomic E-state index is 0.448. The van der Waals surface area contributed by atoms with Gasteiger partial charge in [-0.3, -0.25) is 10.1 Å². The predicted molar refractivity (Wildman–Crippen MR) is 71.3 cm³/mol. The number of carbonyl (C=O) groups is 1. The highest BCUT2D eigenvalue weighted by Gasteiger charge is 2.25. The summed E-state index contributed by atoms with van der Waals surface area (Å²) in [4.78, 5) is 21.5. The second-order valence-electron chi connectivity index (χ2n) is 3.96. The topological polar surface area (TPSA) is 81.5 Å². The van der Waals surface area contributed by atoms with Crippen LogP contribution in [-0.4, -0.2) is 30.2 Å². The number of nitro groups is 1. The van der Waals surface area contributed by atoms with Gasteiger partial charge in [0.25, 0.3) is 0 Å². The molecule has 0 fully saturated rings. The molecular weight excluding hydrogens is 248 g/mol. The van der Waals surface area contributed by atoms with Crippen molar-refractivity contribution in [2.75, 3.05) is 7.11 Å². The molecule has 0 aliphatic heterocycles. The number of amides is 1. The monoisotopic (exact) mass is 264 g/mol. The third-order valence-corrected chi connectivity index (χ3v) is 2.62. The van der Waals surface area contributed by atoms with Crippen molar-refractivity contribution >= 4 is 12.2 Å². The summed E-state index contributed by atoms with van der Waals surface area (Å²) in [6.07, 6.45) is 2.61. The molecule has 2 unspecified atom stereocenters. The van der Waals surface area contributed by atoms with E-state index in [4.69, 9.17) is 0 Å². The molecule has 0 saturated carbocycles. The van der Waals surface area contributed by atoms with Crippen LogP contribution in [0.4, 0.5) is 4.79 Å². The third kappa shape index (κ3) is 4.79. The van der Waals surface area contributed by atoms with E-state index in [0.29, 0.717) is 0 Å². The van der Waals surface area contributed by atoms with Crippen molar-refractivity contribution in [3.63, 3.8) is 0 Å². The van der Waals surface area contributed by atoms with Crippen LogP contribution in [0, 0.1) is 10.1 Å². The minimum Gasteiger partial charge on any atom is -0.453 e. The van der Waals surface area contributed by atoms with Gasteiger partial charge >= 0.3 is 6.09 Å². The van der Waals surface area contributed by atoms with Gasteiger partial charge in [0.2, 0.25) is 6.04 Å². The Kier molecular flexibility index (Phi) is 5.53. The van der Waals surface area contributed by atoms with E-state index in [9.17, 15) is 14.9 Å². The lowest BCUT2D eigenvalue weighted by atomic mass is 10.1.